The van der Waals surface area contributed by atoms with Crippen LogP contribution in [0.15, 0.2) is 11.6 Å². The summed E-state index contributed by atoms with van der Waals surface area (Å²) >= 11 is 0. The van der Waals surface area contributed by atoms with Gasteiger partial charge in [0.15, 0.2) is 0 Å². The minimum absolute atomic E-state index is 0.422. The Morgan fingerprint density at radius 2 is 2.15 bits per heavy atom. The summed E-state index contributed by atoms with van der Waals surface area (Å²) in [6.07, 6.45) is 6.82. The Bertz CT molecular complexity index is 205. The van der Waals surface area contributed by atoms with Gasteiger partial charge in [-0.25, -0.2) is 4.79 Å². The number of carboxylic acids is 1. The van der Waals surface area contributed by atoms with Crippen molar-refractivity contribution in [3.63, 3.8) is 0 Å². The highest BCUT2D eigenvalue weighted by molar-refractivity contribution is 5.85. The van der Waals surface area contributed by atoms with Crippen LogP contribution in [-0.2, 0) is 4.79 Å². The molecule has 0 aromatic heterocycles. The van der Waals surface area contributed by atoms with Gasteiger partial charge in [0.25, 0.3) is 0 Å². The lowest BCUT2D eigenvalue weighted by molar-refractivity contribution is -0.132. The summed E-state index contributed by atoms with van der Waals surface area (Å²) in [4.78, 5) is 10.4. The lowest BCUT2D eigenvalue weighted by atomic mass is 10.2. The number of nitrogens with one attached hydrogen (secondary N) is 1. The maximum absolute atomic E-state index is 10.4. The van der Waals surface area contributed by atoms with E-state index in [2.05, 4.69) is 5.32 Å². The zero-order chi connectivity index (χ0) is 9.68. The fraction of sp³-hybridized carbons (Fsp3) is 0.700. The molecule has 0 amide bonds. The molecule has 0 radical (unpaired) electrons. The molecule has 0 unspecified atom stereocenters. The number of carbonyl (C=O) groups is 1. The van der Waals surface area contributed by atoms with E-state index in [0.29, 0.717) is 18.2 Å². The summed E-state index contributed by atoms with van der Waals surface area (Å²) in [5.41, 5.74) is 0.422. The standard InChI is InChI=1S/C10H17NO2/c1-8(10(12)13)6-7-11-9-4-2-3-5-9/h6,9,11H,2-5,7H2,1H3,(H,12,13). The highest BCUT2D eigenvalue weighted by Crippen LogP contribution is 2.17. The van der Waals surface area contributed by atoms with Gasteiger partial charge in [0.2, 0.25) is 0 Å². The predicted molar refractivity (Wildman–Crippen MR) is 51.7 cm³/mol. The van der Waals surface area contributed by atoms with E-state index < -0.39 is 5.97 Å². The molecule has 3 heteroatoms. The van der Waals surface area contributed by atoms with E-state index in [1.807, 2.05) is 0 Å². The summed E-state index contributed by atoms with van der Waals surface area (Å²) in [6, 6.07) is 0.609. The Balaban J connectivity index is 2.18. The summed E-state index contributed by atoms with van der Waals surface area (Å²) in [5, 5.41) is 11.9. The average molecular weight is 183 g/mol. The molecule has 0 atom stereocenters. The Morgan fingerprint density at radius 1 is 1.54 bits per heavy atom. The first-order valence-electron chi connectivity index (χ1n) is 4.83. The SMILES string of the molecule is CC(=CCNC1CCCC1)C(=O)O. The van der Waals surface area contributed by atoms with Gasteiger partial charge in [-0.3, -0.25) is 0 Å². The second kappa shape index (κ2) is 5.02. The minimum atomic E-state index is -0.826. The van der Waals surface area contributed by atoms with E-state index in [1.54, 1.807) is 13.0 Å². The number of hydrogen-bond donors (Lipinski definition) is 2. The summed E-state index contributed by atoms with van der Waals surface area (Å²) in [5.74, 6) is -0.826. The van der Waals surface area contributed by atoms with Gasteiger partial charge in [-0.05, 0) is 19.8 Å². The molecule has 0 aliphatic heterocycles. The van der Waals surface area contributed by atoms with Gasteiger partial charge in [-0.15, -0.1) is 0 Å². The van der Waals surface area contributed by atoms with Gasteiger partial charge in [0, 0.05) is 18.2 Å². The molecular weight excluding hydrogens is 166 g/mol. The average Bonchev–Trinajstić information content (AvgIpc) is 2.56. The summed E-state index contributed by atoms with van der Waals surface area (Å²) < 4.78 is 0. The molecule has 2 N–H and O–H groups in total. The molecule has 0 bridgehead atoms. The van der Waals surface area contributed by atoms with Crippen molar-refractivity contribution in [2.45, 2.75) is 38.6 Å². The third kappa shape index (κ3) is 3.59. The predicted octanol–water partition coefficient (Wildman–Crippen LogP) is 1.55. The third-order valence-corrected chi connectivity index (χ3v) is 2.51. The lowest BCUT2D eigenvalue weighted by Gasteiger charge is -2.08. The van der Waals surface area contributed by atoms with Crippen molar-refractivity contribution in [3.8, 4) is 0 Å². The molecule has 1 rings (SSSR count). The van der Waals surface area contributed by atoms with E-state index in [0.717, 1.165) is 0 Å². The third-order valence-electron chi connectivity index (χ3n) is 2.51. The summed E-state index contributed by atoms with van der Waals surface area (Å²) in [7, 11) is 0. The number of rotatable bonds is 4. The molecule has 13 heavy (non-hydrogen) atoms. The van der Waals surface area contributed by atoms with E-state index in [9.17, 15) is 4.79 Å². The zero-order valence-corrected chi connectivity index (χ0v) is 8.05. The molecule has 0 aromatic carbocycles. The molecule has 74 valence electrons. The van der Waals surface area contributed by atoms with Gasteiger partial charge in [0.05, 0.1) is 0 Å². The van der Waals surface area contributed by atoms with Crippen LogP contribution < -0.4 is 5.32 Å². The van der Waals surface area contributed by atoms with Crippen molar-refractivity contribution in [2.24, 2.45) is 0 Å². The van der Waals surface area contributed by atoms with Gasteiger partial charge in [0.1, 0.15) is 0 Å². The lowest BCUT2D eigenvalue weighted by Crippen LogP contribution is -2.26. The van der Waals surface area contributed by atoms with Gasteiger partial charge in [-0.2, -0.15) is 0 Å². The van der Waals surface area contributed by atoms with Crippen molar-refractivity contribution < 1.29 is 9.90 Å². The monoisotopic (exact) mass is 183 g/mol. The zero-order valence-electron chi connectivity index (χ0n) is 8.05. The van der Waals surface area contributed by atoms with E-state index in [1.165, 1.54) is 25.7 Å². The first-order chi connectivity index (χ1) is 6.20. The van der Waals surface area contributed by atoms with Gasteiger partial charge >= 0.3 is 5.97 Å². The number of hydrogen-bond acceptors (Lipinski definition) is 2. The Labute approximate surface area is 78.8 Å². The molecule has 1 fully saturated rings. The Morgan fingerprint density at radius 3 is 2.69 bits per heavy atom. The fourth-order valence-electron chi connectivity index (χ4n) is 1.60. The first kappa shape index (κ1) is 10.3. The molecule has 1 aliphatic rings. The highest BCUT2D eigenvalue weighted by Gasteiger charge is 2.12. The largest absolute Gasteiger partial charge is 0.478 e. The molecule has 1 saturated carbocycles. The van der Waals surface area contributed by atoms with Crippen LogP contribution in [-0.4, -0.2) is 23.7 Å². The van der Waals surface area contributed by atoms with Crippen molar-refractivity contribution in [1.29, 1.82) is 0 Å². The van der Waals surface area contributed by atoms with Gasteiger partial charge in [-0.1, -0.05) is 18.9 Å². The Hall–Kier alpha value is -0.830. The second-order valence-corrected chi connectivity index (χ2v) is 3.58. The van der Waals surface area contributed by atoms with Gasteiger partial charge < -0.3 is 10.4 Å². The minimum Gasteiger partial charge on any atom is -0.478 e. The Kier molecular flexibility index (Phi) is 3.96. The maximum Gasteiger partial charge on any atom is 0.330 e. The number of carboxylic acid groups (broad SMARTS) is 1. The topological polar surface area (TPSA) is 49.3 Å². The van der Waals surface area contributed by atoms with E-state index >= 15 is 0 Å². The van der Waals surface area contributed by atoms with Crippen molar-refractivity contribution in [3.05, 3.63) is 11.6 Å². The van der Waals surface area contributed by atoms with Crippen LogP contribution in [0.3, 0.4) is 0 Å². The smallest absolute Gasteiger partial charge is 0.330 e. The van der Waals surface area contributed by atoms with Crippen molar-refractivity contribution >= 4 is 5.97 Å². The first-order valence-corrected chi connectivity index (χ1v) is 4.83. The molecule has 1 aliphatic carbocycles. The van der Waals surface area contributed by atoms with Crippen LogP contribution >= 0.6 is 0 Å². The number of aliphatic carboxylic acids is 1. The van der Waals surface area contributed by atoms with E-state index in [4.69, 9.17) is 5.11 Å². The van der Waals surface area contributed by atoms with Crippen LogP contribution in [0.2, 0.25) is 0 Å². The van der Waals surface area contributed by atoms with Crippen LogP contribution in [0, 0.1) is 0 Å². The maximum atomic E-state index is 10.4. The van der Waals surface area contributed by atoms with Crippen LogP contribution in [0.1, 0.15) is 32.6 Å². The molecule has 0 heterocycles. The quantitative estimate of drug-likeness (QED) is 0.650. The summed E-state index contributed by atoms with van der Waals surface area (Å²) in [6.45, 7) is 2.31. The molecule has 0 aromatic rings. The van der Waals surface area contributed by atoms with Crippen molar-refractivity contribution in [1.82, 2.24) is 5.32 Å². The normalized spacial score (nSPS) is 19.3. The molecule has 3 nitrogen and oxygen atoms in total. The fourth-order valence-corrected chi connectivity index (χ4v) is 1.60. The molecule has 0 spiro atoms. The van der Waals surface area contributed by atoms with E-state index in [-0.39, 0.29) is 0 Å². The van der Waals surface area contributed by atoms with Crippen LogP contribution in [0.5, 0.6) is 0 Å². The molecular formula is C10H17NO2. The highest BCUT2D eigenvalue weighted by atomic mass is 16.4. The molecule has 0 saturated heterocycles. The second-order valence-electron chi connectivity index (χ2n) is 3.58. The van der Waals surface area contributed by atoms with Crippen molar-refractivity contribution in [2.75, 3.05) is 6.54 Å². The van der Waals surface area contributed by atoms with Crippen LogP contribution in [0.25, 0.3) is 0 Å². The van der Waals surface area contributed by atoms with Crippen LogP contribution in [0.4, 0.5) is 0 Å².